The summed E-state index contributed by atoms with van der Waals surface area (Å²) in [4.78, 5) is 34.0. The van der Waals surface area contributed by atoms with E-state index in [4.69, 9.17) is 0 Å². The van der Waals surface area contributed by atoms with Crippen LogP contribution < -0.4 is 21.9 Å². The summed E-state index contributed by atoms with van der Waals surface area (Å²) >= 11 is 1.16. The third-order valence-electron chi connectivity index (χ3n) is 3.96. The van der Waals surface area contributed by atoms with Gasteiger partial charge in [-0.3, -0.25) is 19.8 Å². The van der Waals surface area contributed by atoms with Crippen LogP contribution in [0, 0.1) is 0 Å². The van der Waals surface area contributed by atoms with Gasteiger partial charge in [-0.05, 0) is 24.6 Å². The van der Waals surface area contributed by atoms with Crippen molar-refractivity contribution in [2.75, 3.05) is 12.0 Å². The summed E-state index contributed by atoms with van der Waals surface area (Å²) in [6.07, 6.45) is -8.05. The lowest BCUT2D eigenvalue weighted by Crippen LogP contribution is -2.30. The monoisotopic (exact) mass is 439 g/mol. The second-order valence-corrected chi connectivity index (χ2v) is 7.45. The van der Waals surface area contributed by atoms with E-state index in [-0.39, 0.29) is 17.9 Å². The lowest BCUT2D eigenvalue weighted by atomic mass is 10.0. The predicted octanol–water partition coefficient (Wildman–Crippen LogP) is 2.44. The van der Waals surface area contributed by atoms with Crippen LogP contribution in [0.2, 0.25) is 0 Å². The number of hydrogen-bond acceptors (Lipinski definition) is 5. The number of hydrogen-bond donors (Lipinski definition) is 2. The Morgan fingerprint density at radius 2 is 1.59 bits per heavy atom. The highest BCUT2D eigenvalue weighted by atomic mass is 32.2. The van der Waals surface area contributed by atoms with Crippen molar-refractivity contribution in [2.24, 2.45) is 0 Å². The molecule has 1 amide bonds. The zero-order valence-electron chi connectivity index (χ0n) is 14.1. The van der Waals surface area contributed by atoms with Gasteiger partial charge in [0.1, 0.15) is 0 Å². The number of amides is 1. The van der Waals surface area contributed by atoms with E-state index in [1.54, 1.807) is 6.08 Å². The van der Waals surface area contributed by atoms with Crippen LogP contribution in [-0.2, 0) is 12.4 Å². The molecular formula is C16H11F6N3O3S. The van der Waals surface area contributed by atoms with Crippen molar-refractivity contribution in [1.82, 2.24) is 9.99 Å². The molecular weight excluding hydrogens is 428 g/mol. The fourth-order valence-electron chi connectivity index (χ4n) is 2.45. The molecule has 1 aliphatic heterocycles. The molecule has 29 heavy (non-hydrogen) atoms. The van der Waals surface area contributed by atoms with Gasteiger partial charge in [0.15, 0.2) is 0 Å². The fraction of sp³-hybridized carbons (Fsp3) is 0.312. The summed E-state index contributed by atoms with van der Waals surface area (Å²) < 4.78 is 78.0. The molecule has 2 heterocycles. The number of carbonyl (C=O) groups excluding carboxylic acids is 1. The van der Waals surface area contributed by atoms with Gasteiger partial charge in [-0.15, -0.1) is 11.8 Å². The minimum Gasteiger partial charge on any atom is -0.351 e. The molecule has 0 saturated heterocycles. The number of halogens is 6. The van der Waals surface area contributed by atoms with Crippen LogP contribution >= 0.6 is 11.8 Å². The number of allylic oxidation sites excluding steroid dienone is 1. The number of thioether (sulfide) groups is 1. The van der Waals surface area contributed by atoms with Crippen LogP contribution in [-0.4, -0.2) is 22.4 Å². The maximum Gasteiger partial charge on any atom is 0.416 e. The summed E-state index contributed by atoms with van der Waals surface area (Å²) in [6, 6.07) is 0.658. The minimum absolute atomic E-state index is 0.0509. The quantitative estimate of drug-likeness (QED) is 0.553. The van der Waals surface area contributed by atoms with E-state index in [1.165, 1.54) is 0 Å². The molecule has 0 bridgehead atoms. The molecule has 0 saturated carbocycles. The second-order valence-electron chi connectivity index (χ2n) is 6.11. The molecule has 0 spiro atoms. The summed E-state index contributed by atoms with van der Waals surface area (Å²) in [5, 5.41) is 2.50. The van der Waals surface area contributed by atoms with Gasteiger partial charge in [0.25, 0.3) is 5.91 Å². The Hall–Kier alpha value is -2.70. The van der Waals surface area contributed by atoms with Crippen molar-refractivity contribution in [3.63, 3.8) is 0 Å². The Labute approximate surface area is 162 Å². The highest BCUT2D eigenvalue weighted by Crippen LogP contribution is 2.36. The lowest BCUT2D eigenvalue weighted by molar-refractivity contribution is -0.143. The van der Waals surface area contributed by atoms with E-state index in [1.807, 2.05) is 0 Å². The van der Waals surface area contributed by atoms with Crippen LogP contribution in [0.15, 0.2) is 38.9 Å². The zero-order valence-corrected chi connectivity index (χ0v) is 15.0. The number of carbonyl (C=O) groups is 1. The summed E-state index contributed by atoms with van der Waals surface area (Å²) in [7, 11) is 0. The first-order chi connectivity index (χ1) is 13.4. The maximum absolute atomic E-state index is 12.9. The van der Waals surface area contributed by atoms with Crippen LogP contribution in [0.4, 0.5) is 26.3 Å². The molecule has 0 aliphatic carbocycles. The van der Waals surface area contributed by atoms with Gasteiger partial charge in [-0.25, -0.2) is 0 Å². The molecule has 1 aliphatic rings. The van der Waals surface area contributed by atoms with Crippen LogP contribution in [0.5, 0.6) is 0 Å². The number of aromatic nitrogens is 1. The summed E-state index contributed by atoms with van der Waals surface area (Å²) in [5.74, 6) is -1.08. The van der Waals surface area contributed by atoms with Crippen LogP contribution in [0.25, 0.3) is 0 Å². The minimum atomic E-state index is -5.05. The second kappa shape index (κ2) is 7.28. The van der Waals surface area contributed by atoms with Gasteiger partial charge in [0.2, 0.25) is 0 Å². The number of benzene rings is 1. The molecule has 0 radical (unpaired) electrons. The predicted molar refractivity (Wildman–Crippen MR) is 91.6 cm³/mol. The molecule has 156 valence electrons. The van der Waals surface area contributed by atoms with Gasteiger partial charge in [0, 0.05) is 17.4 Å². The third-order valence-corrected chi connectivity index (χ3v) is 5.17. The third kappa shape index (κ3) is 4.83. The first kappa shape index (κ1) is 21.0. The average molecular weight is 439 g/mol. The highest BCUT2D eigenvalue weighted by molar-refractivity contribution is 8.04. The first-order valence-corrected chi connectivity index (χ1v) is 8.84. The van der Waals surface area contributed by atoms with Gasteiger partial charge < -0.3 is 5.32 Å². The number of alkyl halides is 6. The topological polar surface area (TPSA) is 80.2 Å². The van der Waals surface area contributed by atoms with Crippen molar-refractivity contribution < 1.29 is 31.1 Å². The maximum atomic E-state index is 12.9. The molecule has 3 rings (SSSR count). The van der Waals surface area contributed by atoms with E-state index in [0.29, 0.717) is 23.6 Å². The Morgan fingerprint density at radius 1 is 1.03 bits per heavy atom. The van der Waals surface area contributed by atoms with E-state index < -0.39 is 46.1 Å². The number of nitrogens with zero attached hydrogens (tertiary/aromatic N) is 1. The Morgan fingerprint density at radius 3 is 2.07 bits per heavy atom. The molecule has 1 unspecified atom stereocenters. The molecule has 2 aromatic rings. The van der Waals surface area contributed by atoms with E-state index in [0.717, 1.165) is 16.4 Å². The van der Waals surface area contributed by atoms with Crippen molar-refractivity contribution in [3.8, 4) is 0 Å². The lowest BCUT2D eigenvalue weighted by Gasteiger charge is -2.15. The molecule has 6 nitrogen and oxygen atoms in total. The van der Waals surface area contributed by atoms with Gasteiger partial charge >= 0.3 is 23.5 Å². The van der Waals surface area contributed by atoms with Gasteiger partial charge in [-0.2, -0.15) is 31.0 Å². The van der Waals surface area contributed by atoms with Gasteiger partial charge in [0.05, 0.1) is 16.2 Å². The van der Waals surface area contributed by atoms with Crippen molar-refractivity contribution in [2.45, 2.75) is 24.0 Å². The SMILES string of the molecule is O=C(NCC1CC=C(Nn2c(=O)c2=O)S1)c1cc(C(F)(F)F)cc(C(F)(F)F)c1. The van der Waals surface area contributed by atoms with Crippen molar-refractivity contribution in [1.29, 1.82) is 0 Å². The number of nitrogens with one attached hydrogen (secondary N) is 2. The zero-order chi connectivity index (χ0) is 21.6. The summed E-state index contributed by atoms with van der Waals surface area (Å²) in [5.41, 5.74) is -2.77. The molecule has 13 heteroatoms. The largest absolute Gasteiger partial charge is 0.416 e. The van der Waals surface area contributed by atoms with Crippen LogP contribution in [0.1, 0.15) is 27.9 Å². The van der Waals surface area contributed by atoms with Crippen molar-refractivity contribution >= 4 is 17.7 Å². The Balaban J connectivity index is 1.64. The van der Waals surface area contributed by atoms with E-state index in [2.05, 4.69) is 10.7 Å². The fourth-order valence-corrected chi connectivity index (χ4v) is 3.51. The Kier molecular flexibility index (Phi) is 5.28. The smallest absolute Gasteiger partial charge is 0.351 e. The normalized spacial score (nSPS) is 17.4. The first-order valence-electron chi connectivity index (χ1n) is 7.96. The average Bonchev–Trinajstić information content (AvgIpc) is 3.01. The molecule has 2 N–H and O–H groups in total. The van der Waals surface area contributed by atoms with Crippen molar-refractivity contribution in [3.05, 3.63) is 66.7 Å². The Bertz CT molecular complexity index is 991. The van der Waals surface area contributed by atoms with E-state index >= 15 is 0 Å². The molecule has 0 fully saturated rings. The molecule has 1 atom stereocenters. The van der Waals surface area contributed by atoms with E-state index in [9.17, 15) is 40.7 Å². The summed E-state index contributed by atoms with van der Waals surface area (Å²) in [6.45, 7) is -0.0509. The standard InChI is InChI=1S/C16H11F6N3O3S/c17-15(18,19)8-3-7(4-9(5-8)16(20,21)22)12(26)23-6-10-1-2-11(29-10)24-25-13(27)14(25)28/h2-5,10,24H,1,6H2,(H,23,26). The molecule has 1 aromatic heterocycles. The van der Waals surface area contributed by atoms with Crippen LogP contribution in [0.3, 0.4) is 0 Å². The molecule has 1 aromatic carbocycles. The number of rotatable bonds is 5. The highest BCUT2D eigenvalue weighted by Gasteiger charge is 2.37. The van der Waals surface area contributed by atoms with Gasteiger partial charge in [-0.1, -0.05) is 6.08 Å².